The van der Waals surface area contributed by atoms with Gasteiger partial charge in [-0.05, 0) is 23.3 Å². The first-order chi connectivity index (χ1) is 10.8. The lowest BCUT2D eigenvalue weighted by Gasteiger charge is -2.28. The van der Waals surface area contributed by atoms with E-state index in [0.717, 1.165) is 28.1 Å². The summed E-state index contributed by atoms with van der Waals surface area (Å²) < 4.78 is 0. The maximum absolute atomic E-state index is 13.1. The van der Waals surface area contributed by atoms with Gasteiger partial charge in [0.05, 0.1) is 5.92 Å². The Morgan fingerprint density at radius 1 is 0.682 bits per heavy atom. The first kappa shape index (κ1) is 12.8. The number of ketones is 1. The Morgan fingerprint density at radius 3 is 1.77 bits per heavy atom. The number of hydrogen-bond donors (Lipinski definition) is 1. The number of Topliss-reactive ketones (excluding diaryl/α,β-unsaturated/α-hetero) is 1. The molecule has 0 radical (unpaired) electrons. The molecule has 0 spiro atoms. The number of hydrogen-bond acceptors (Lipinski definition) is 2. The van der Waals surface area contributed by atoms with Crippen LogP contribution in [0.4, 0.5) is 11.4 Å². The summed E-state index contributed by atoms with van der Waals surface area (Å²) in [6.07, 6.45) is 0. The maximum atomic E-state index is 13.1. The molecule has 0 saturated carbocycles. The lowest BCUT2D eigenvalue weighted by Crippen LogP contribution is -2.20. The van der Waals surface area contributed by atoms with Crippen molar-refractivity contribution in [1.29, 1.82) is 0 Å². The molecular formula is C20H15NO. The van der Waals surface area contributed by atoms with Crippen molar-refractivity contribution in [3.05, 3.63) is 95.6 Å². The van der Waals surface area contributed by atoms with Crippen molar-refractivity contribution in [2.24, 2.45) is 0 Å². The first-order valence-corrected chi connectivity index (χ1v) is 7.39. The van der Waals surface area contributed by atoms with Crippen LogP contribution in [0.5, 0.6) is 0 Å². The van der Waals surface area contributed by atoms with Crippen LogP contribution in [-0.2, 0) is 0 Å². The summed E-state index contributed by atoms with van der Waals surface area (Å²) >= 11 is 0. The van der Waals surface area contributed by atoms with Crippen LogP contribution >= 0.6 is 0 Å². The van der Waals surface area contributed by atoms with E-state index in [1.54, 1.807) is 0 Å². The smallest absolute Gasteiger partial charge is 0.174 e. The normalized spacial score (nSPS) is 12.9. The zero-order chi connectivity index (χ0) is 14.9. The van der Waals surface area contributed by atoms with Gasteiger partial charge in [-0.2, -0.15) is 0 Å². The van der Waals surface area contributed by atoms with Gasteiger partial charge >= 0.3 is 0 Å². The Bertz CT molecular complexity index is 794. The number of carbonyl (C=O) groups excluding carboxylic acids is 1. The highest BCUT2D eigenvalue weighted by Gasteiger charge is 2.31. The molecule has 106 valence electrons. The third kappa shape index (κ3) is 2.01. The molecule has 0 aromatic heterocycles. The fourth-order valence-electron chi connectivity index (χ4n) is 3.09. The van der Waals surface area contributed by atoms with Crippen molar-refractivity contribution in [3.8, 4) is 0 Å². The molecule has 0 aliphatic carbocycles. The topological polar surface area (TPSA) is 29.1 Å². The fourth-order valence-corrected chi connectivity index (χ4v) is 3.09. The van der Waals surface area contributed by atoms with E-state index in [0.29, 0.717) is 0 Å². The molecule has 1 N–H and O–H groups in total. The van der Waals surface area contributed by atoms with Gasteiger partial charge in [-0.15, -0.1) is 0 Å². The number of fused-ring (bicyclic) bond motifs is 2. The number of anilines is 2. The molecule has 3 aromatic rings. The van der Waals surface area contributed by atoms with Crippen LogP contribution in [0.2, 0.25) is 0 Å². The largest absolute Gasteiger partial charge is 0.355 e. The fraction of sp³-hybridized carbons (Fsp3) is 0.0500. The molecule has 2 heteroatoms. The molecule has 0 unspecified atom stereocenters. The molecule has 0 bridgehead atoms. The first-order valence-electron chi connectivity index (χ1n) is 7.39. The Labute approximate surface area is 129 Å². The third-order valence-electron chi connectivity index (χ3n) is 4.13. The Balaban J connectivity index is 1.90. The monoisotopic (exact) mass is 285 g/mol. The van der Waals surface area contributed by atoms with Gasteiger partial charge < -0.3 is 5.32 Å². The predicted octanol–water partition coefficient (Wildman–Crippen LogP) is 4.76. The van der Waals surface area contributed by atoms with E-state index in [2.05, 4.69) is 5.32 Å². The zero-order valence-corrected chi connectivity index (χ0v) is 12.0. The van der Waals surface area contributed by atoms with Crippen molar-refractivity contribution >= 4 is 17.2 Å². The standard InChI is InChI=1S/C20H15NO/c22-20(14-8-2-1-3-9-14)19-15-10-4-6-12-17(15)21-18-13-7-5-11-16(18)19/h1-13,19,21H. The minimum atomic E-state index is -0.254. The minimum Gasteiger partial charge on any atom is -0.355 e. The van der Waals surface area contributed by atoms with Crippen molar-refractivity contribution < 1.29 is 4.79 Å². The summed E-state index contributed by atoms with van der Waals surface area (Å²) in [6.45, 7) is 0. The van der Waals surface area contributed by atoms with Gasteiger partial charge in [0.2, 0.25) is 0 Å². The number of carbonyl (C=O) groups is 1. The van der Waals surface area contributed by atoms with Gasteiger partial charge in [-0.3, -0.25) is 4.79 Å². The molecule has 22 heavy (non-hydrogen) atoms. The quantitative estimate of drug-likeness (QED) is 0.688. The van der Waals surface area contributed by atoms with Crippen LogP contribution in [0, 0.1) is 0 Å². The van der Waals surface area contributed by atoms with Gasteiger partial charge in [-0.1, -0.05) is 66.7 Å². The Morgan fingerprint density at radius 2 is 1.18 bits per heavy atom. The number of benzene rings is 3. The number of para-hydroxylation sites is 2. The van der Waals surface area contributed by atoms with Crippen LogP contribution in [0.1, 0.15) is 27.4 Å². The Kier molecular flexibility index (Phi) is 3.01. The van der Waals surface area contributed by atoms with Gasteiger partial charge in [0.15, 0.2) is 5.78 Å². The summed E-state index contributed by atoms with van der Waals surface area (Å²) in [4.78, 5) is 13.1. The van der Waals surface area contributed by atoms with E-state index in [1.807, 2.05) is 78.9 Å². The molecule has 2 nitrogen and oxygen atoms in total. The van der Waals surface area contributed by atoms with E-state index in [9.17, 15) is 4.79 Å². The average Bonchev–Trinajstić information content (AvgIpc) is 2.60. The molecule has 1 aliphatic heterocycles. The van der Waals surface area contributed by atoms with Gasteiger partial charge in [0.1, 0.15) is 0 Å². The van der Waals surface area contributed by atoms with Gasteiger partial charge in [0.25, 0.3) is 0 Å². The summed E-state index contributed by atoms with van der Waals surface area (Å²) in [6, 6.07) is 25.6. The van der Waals surface area contributed by atoms with Crippen LogP contribution in [-0.4, -0.2) is 5.78 Å². The highest BCUT2D eigenvalue weighted by atomic mass is 16.1. The summed E-state index contributed by atoms with van der Waals surface area (Å²) in [5, 5.41) is 3.42. The summed E-state index contributed by atoms with van der Waals surface area (Å²) in [5.74, 6) is -0.113. The van der Waals surface area contributed by atoms with Crippen molar-refractivity contribution in [3.63, 3.8) is 0 Å². The zero-order valence-electron chi connectivity index (χ0n) is 12.0. The molecule has 3 aromatic carbocycles. The molecule has 0 saturated heterocycles. The van der Waals surface area contributed by atoms with Crippen molar-refractivity contribution in [2.75, 3.05) is 5.32 Å². The average molecular weight is 285 g/mol. The van der Waals surface area contributed by atoms with E-state index in [4.69, 9.17) is 0 Å². The Hall–Kier alpha value is -2.87. The second-order valence-electron chi connectivity index (χ2n) is 5.46. The molecular weight excluding hydrogens is 270 g/mol. The van der Waals surface area contributed by atoms with Crippen LogP contribution < -0.4 is 5.32 Å². The van der Waals surface area contributed by atoms with Crippen LogP contribution in [0.15, 0.2) is 78.9 Å². The highest BCUT2D eigenvalue weighted by molar-refractivity contribution is 6.05. The molecule has 0 amide bonds. The van der Waals surface area contributed by atoms with E-state index < -0.39 is 0 Å². The minimum absolute atomic E-state index is 0.141. The lowest BCUT2D eigenvalue weighted by atomic mass is 9.81. The molecule has 0 atom stereocenters. The lowest BCUT2D eigenvalue weighted by molar-refractivity contribution is 0.0974. The second-order valence-corrected chi connectivity index (χ2v) is 5.46. The summed E-state index contributed by atoms with van der Waals surface area (Å²) in [5.41, 5.74) is 4.84. The number of rotatable bonds is 2. The van der Waals surface area contributed by atoms with E-state index in [1.165, 1.54) is 0 Å². The third-order valence-corrected chi connectivity index (χ3v) is 4.13. The van der Waals surface area contributed by atoms with E-state index >= 15 is 0 Å². The van der Waals surface area contributed by atoms with Crippen molar-refractivity contribution in [2.45, 2.75) is 5.92 Å². The highest BCUT2D eigenvalue weighted by Crippen LogP contribution is 2.42. The molecule has 1 aliphatic rings. The van der Waals surface area contributed by atoms with Gasteiger partial charge in [-0.25, -0.2) is 0 Å². The van der Waals surface area contributed by atoms with Crippen LogP contribution in [0.25, 0.3) is 0 Å². The SMILES string of the molecule is O=C(c1ccccc1)C1c2ccccc2Nc2ccccc21. The molecule has 4 rings (SSSR count). The number of nitrogens with one attached hydrogen (secondary N) is 1. The maximum Gasteiger partial charge on any atom is 0.174 e. The molecule has 0 fully saturated rings. The predicted molar refractivity (Wildman–Crippen MR) is 88.8 cm³/mol. The van der Waals surface area contributed by atoms with Crippen molar-refractivity contribution in [1.82, 2.24) is 0 Å². The van der Waals surface area contributed by atoms with Crippen LogP contribution in [0.3, 0.4) is 0 Å². The van der Waals surface area contributed by atoms with E-state index in [-0.39, 0.29) is 11.7 Å². The molecule has 1 heterocycles. The summed E-state index contributed by atoms with van der Waals surface area (Å²) in [7, 11) is 0. The second kappa shape index (κ2) is 5.15. The van der Waals surface area contributed by atoms with Gasteiger partial charge in [0, 0.05) is 16.9 Å².